The van der Waals surface area contributed by atoms with Crippen LogP contribution in [0.5, 0.6) is 0 Å². The van der Waals surface area contributed by atoms with Gasteiger partial charge in [0.15, 0.2) is 5.11 Å². The van der Waals surface area contributed by atoms with Crippen molar-refractivity contribution in [1.29, 1.82) is 0 Å². The van der Waals surface area contributed by atoms with E-state index in [0.29, 0.717) is 16.7 Å². The molecule has 0 bridgehead atoms. The van der Waals surface area contributed by atoms with E-state index in [1.165, 1.54) is 12.1 Å². The average Bonchev–Trinajstić information content (AvgIpc) is 2.88. The maximum Gasteiger partial charge on any atom is 0.416 e. The number of hydrogen-bond acceptors (Lipinski definition) is 3. The van der Waals surface area contributed by atoms with E-state index >= 15 is 0 Å². The largest absolute Gasteiger partial charge is 0.416 e. The number of rotatable bonds is 4. The molecule has 0 amide bonds. The van der Waals surface area contributed by atoms with Gasteiger partial charge in [-0.2, -0.15) is 13.2 Å². The summed E-state index contributed by atoms with van der Waals surface area (Å²) in [7, 11) is 0. The number of thiocarbonyl (C=S) groups is 1. The Hall–Kier alpha value is -4.30. The summed E-state index contributed by atoms with van der Waals surface area (Å²) in [5.74, 6) is 0. The van der Waals surface area contributed by atoms with Gasteiger partial charge in [-0.15, -0.1) is 0 Å². The molecule has 0 aliphatic carbocycles. The quantitative estimate of drug-likeness (QED) is 0.247. The number of nitrogens with zero attached hydrogens (tertiary/aromatic N) is 2. The highest BCUT2D eigenvalue weighted by molar-refractivity contribution is 7.80. The third kappa shape index (κ3) is 5.18. The van der Waals surface area contributed by atoms with Gasteiger partial charge in [0, 0.05) is 22.5 Å². The second-order valence-electron chi connectivity index (χ2n) is 8.01. The highest BCUT2D eigenvalue weighted by Gasteiger charge is 2.30. The number of hydrogen-bond donors (Lipinski definition) is 2. The van der Waals surface area contributed by atoms with Crippen molar-refractivity contribution in [1.82, 2.24) is 9.97 Å². The SMILES string of the molecule is FC(F)(F)c1cccc(NC(=S)Nc2ccc3nc(-c4ccccc4)c(-c4ccccc4)nc3c2)c1. The van der Waals surface area contributed by atoms with Gasteiger partial charge in [0.25, 0.3) is 0 Å². The zero-order valence-electron chi connectivity index (χ0n) is 18.8. The molecule has 0 unspecified atom stereocenters. The van der Waals surface area contributed by atoms with Crippen LogP contribution in [0.3, 0.4) is 0 Å². The standard InChI is InChI=1S/C28H19F3N4S/c29-28(30,31)20-12-7-13-21(16-20)32-27(36)33-22-14-15-23-24(17-22)35-26(19-10-5-2-6-11-19)25(34-23)18-8-3-1-4-9-18/h1-17H,(H2,32,33,36). The predicted octanol–water partition coefficient (Wildman–Crippen LogP) is 7.79. The fraction of sp³-hybridized carbons (Fsp3) is 0.0357. The van der Waals surface area contributed by atoms with E-state index in [4.69, 9.17) is 22.2 Å². The van der Waals surface area contributed by atoms with E-state index in [1.807, 2.05) is 72.8 Å². The summed E-state index contributed by atoms with van der Waals surface area (Å²) in [4.78, 5) is 9.82. The first-order valence-corrected chi connectivity index (χ1v) is 11.5. The minimum absolute atomic E-state index is 0.158. The molecule has 0 spiro atoms. The first-order chi connectivity index (χ1) is 17.4. The third-order valence-corrected chi connectivity index (χ3v) is 5.67. The number of alkyl halides is 3. The van der Waals surface area contributed by atoms with Crippen molar-refractivity contribution in [3.05, 3.63) is 109 Å². The highest BCUT2D eigenvalue weighted by Crippen LogP contribution is 2.32. The number of aromatic nitrogens is 2. The Kier molecular flexibility index (Phi) is 6.35. The molecule has 0 aliphatic heterocycles. The Labute approximate surface area is 210 Å². The molecule has 5 rings (SSSR count). The molecule has 0 saturated carbocycles. The van der Waals surface area contributed by atoms with Crippen molar-refractivity contribution in [2.75, 3.05) is 10.6 Å². The summed E-state index contributed by atoms with van der Waals surface area (Å²) < 4.78 is 39.0. The van der Waals surface area contributed by atoms with Gasteiger partial charge in [0.2, 0.25) is 0 Å². The van der Waals surface area contributed by atoms with E-state index in [0.717, 1.165) is 34.6 Å². The summed E-state index contributed by atoms with van der Waals surface area (Å²) in [5, 5.41) is 5.98. The van der Waals surface area contributed by atoms with Crippen molar-refractivity contribution in [2.45, 2.75) is 6.18 Å². The molecule has 8 heteroatoms. The molecule has 0 aliphatic rings. The minimum Gasteiger partial charge on any atom is -0.332 e. The van der Waals surface area contributed by atoms with Crippen LogP contribution in [0.1, 0.15) is 5.56 Å². The maximum absolute atomic E-state index is 13.0. The minimum atomic E-state index is -4.43. The second-order valence-corrected chi connectivity index (χ2v) is 8.42. The molecule has 2 N–H and O–H groups in total. The van der Waals surface area contributed by atoms with Crippen LogP contribution in [0.4, 0.5) is 24.5 Å². The Morgan fingerprint density at radius 1 is 0.611 bits per heavy atom. The molecule has 4 nitrogen and oxygen atoms in total. The van der Waals surface area contributed by atoms with Crippen molar-refractivity contribution >= 4 is 39.7 Å². The molecule has 36 heavy (non-hydrogen) atoms. The van der Waals surface area contributed by atoms with Crippen LogP contribution in [-0.4, -0.2) is 15.1 Å². The zero-order chi connectivity index (χ0) is 25.1. The van der Waals surface area contributed by atoms with Crippen molar-refractivity contribution in [3.63, 3.8) is 0 Å². The lowest BCUT2D eigenvalue weighted by molar-refractivity contribution is -0.137. The van der Waals surface area contributed by atoms with Gasteiger partial charge < -0.3 is 10.6 Å². The Morgan fingerprint density at radius 2 is 1.17 bits per heavy atom. The highest BCUT2D eigenvalue weighted by atomic mass is 32.1. The lowest BCUT2D eigenvalue weighted by Gasteiger charge is -2.14. The van der Waals surface area contributed by atoms with Crippen LogP contribution < -0.4 is 10.6 Å². The summed E-state index contributed by atoms with van der Waals surface area (Å²) >= 11 is 5.32. The van der Waals surface area contributed by atoms with E-state index in [1.54, 1.807) is 6.07 Å². The van der Waals surface area contributed by atoms with Crippen LogP contribution in [0.2, 0.25) is 0 Å². The Morgan fingerprint density at radius 3 is 1.75 bits per heavy atom. The molecule has 178 valence electrons. The molecule has 5 aromatic rings. The zero-order valence-corrected chi connectivity index (χ0v) is 19.6. The molecular weight excluding hydrogens is 481 g/mol. The molecule has 4 aromatic carbocycles. The summed E-state index contributed by atoms with van der Waals surface area (Å²) in [6.45, 7) is 0. The lowest BCUT2D eigenvalue weighted by atomic mass is 10.0. The van der Waals surface area contributed by atoms with Crippen LogP contribution in [0.15, 0.2) is 103 Å². The number of benzene rings is 4. The smallest absolute Gasteiger partial charge is 0.332 e. The second kappa shape index (κ2) is 9.75. The maximum atomic E-state index is 13.0. The van der Waals surface area contributed by atoms with Gasteiger partial charge in [0.1, 0.15) is 0 Å². The summed E-state index contributed by atoms with van der Waals surface area (Å²) in [6, 6.07) is 30.0. The summed E-state index contributed by atoms with van der Waals surface area (Å²) in [5.41, 5.74) is 4.89. The fourth-order valence-corrected chi connectivity index (χ4v) is 4.03. The van der Waals surface area contributed by atoms with E-state index < -0.39 is 11.7 Å². The normalized spacial score (nSPS) is 11.3. The number of anilines is 2. The Bertz CT molecular complexity index is 1540. The molecule has 1 aromatic heterocycles. The first-order valence-electron chi connectivity index (χ1n) is 11.0. The summed E-state index contributed by atoms with van der Waals surface area (Å²) in [6.07, 6.45) is -4.43. The Balaban J connectivity index is 1.46. The molecular formula is C28H19F3N4S. The van der Waals surface area contributed by atoms with Crippen molar-refractivity contribution in [2.24, 2.45) is 0 Å². The van der Waals surface area contributed by atoms with Crippen molar-refractivity contribution in [3.8, 4) is 22.5 Å². The third-order valence-electron chi connectivity index (χ3n) is 5.46. The van der Waals surface area contributed by atoms with Crippen LogP contribution in [0, 0.1) is 0 Å². The predicted molar refractivity (Wildman–Crippen MR) is 142 cm³/mol. The lowest BCUT2D eigenvalue weighted by Crippen LogP contribution is -2.19. The van der Waals surface area contributed by atoms with Gasteiger partial charge in [-0.25, -0.2) is 9.97 Å². The van der Waals surface area contributed by atoms with E-state index in [2.05, 4.69) is 10.6 Å². The number of halogens is 3. The van der Waals surface area contributed by atoms with Gasteiger partial charge in [-0.1, -0.05) is 66.7 Å². The monoisotopic (exact) mass is 500 g/mol. The van der Waals surface area contributed by atoms with Gasteiger partial charge in [-0.05, 0) is 48.6 Å². The van der Waals surface area contributed by atoms with Crippen molar-refractivity contribution < 1.29 is 13.2 Å². The van der Waals surface area contributed by atoms with Crippen LogP contribution >= 0.6 is 12.2 Å². The van der Waals surface area contributed by atoms with E-state index in [9.17, 15) is 13.2 Å². The number of nitrogens with one attached hydrogen (secondary N) is 2. The molecule has 0 saturated heterocycles. The fourth-order valence-electron chi connectivity index (χ4n) is 3.79. The topological polar surface area (TPSA) is 49.8 Å². The molecule has 0 fully saturated rings. The average molecular weight is 501 g/mol. The molecule has 1 heterocycles. The van der Waals surface area contributed by atoms with E-state index in [-0.39, 0.29) is 10.8 Å². The van der Waals surface area contributed by atoms with Gasteiger partial charge in [-0.3, -0.25) is 0 Å². The molecule has 0 radical (unpaired) electrons. The first kappa shape index (κ1) is 23.4. The van der Waals surface area contributed by atoms with Crippen LogP contribution in [-0.2, 0) is 6.18 Å². The van der Waals surface area contributed by atoms with Gasteiger partial charge in [0.05, 0.1) is 28.0 Å². The number of fused-ring (bicyclic) bond motifs is 1. The molecule has 0 atom stereocenters. The van der Waals surface area contributed by atoms with Gasteiger partial charge >= 0.3 is 6.18 Å². The van der Waals surface area contributed by atoms with Crippen LogP contribution in [0.25, 0.3) is 33.5 Å².